The van der Waals surface area contributed by atoms with E-state index in [2.05, 4.69) is 4.72 Å². The number of aryl methyl sites for hydroxylation is 1. The molecule has 0 aliphatic carbocycles. The molecule has 7 heteroatoms. The number of rotatable bonds is 11. The highest BCUT2D eigenvalue weighted by atomic mass is 32.2. The van der Waals surface area contributed by atoms with Crippen molar-refractivity contribution in [3.8, 4) is 5.75 Å². The molecular formula is C15H25NO5S. The lowest BCUT2D eigenvalue weighted by Gasteiger charge is -2.11. The van der Waals surface area contributed by atoms with Crippen molar-refractivity contribution in [2.45, 2.75) is 25.2 Å². The van der Waals surface area contributed by atoms with Crippen molar-refractivity contribution in [3.63, 3.8) is 0 Å². The Kier molecular flexibility index (Phi) is 8.40. The number of benzene rings is 1. The predicted octanol–water partition coefficient (Wildman–Crippen LogP) is 1.73. The summed E-state index contributed by atoms with van der Waals surface area (Å²) in [6.07, 6.45) is 0.610. The quantitative estimate of drug-likeness (QED) is 0.625. The van der Waals surface area contributed by atoms with Gasteiger partial charge in [0.1, 0.15) is 5.75 Å². The average molecular weight is 331 g/mol. The summed E-state index contributed by atoms with van der Waals surface area (Å²) in [5, 5.41) is 0. The van der Waals surface area contributed by atoms with Crippen LogP contribution in [-0.4, -0.2) is 48.5 Å². The Bertz CT molecular complexity index is 545. The van der Waals surface area contributed by atoms with Crippen molar-refractivity contribution in [2.24, 2.45) is 0 Å². The summed E-state index contributed by atoms with van der Waals surface area (Å²) in [6.45, 7) is 6.07. The molecule has 0 amide bonds. The normalized spacial score (nSPS) is 11.6. The third-order valence-electron chi connectivity index (χ3n) is 2.94. The van der Waals surface area contributed by atoms with Crippen molar-refractivity contribution in [3.05, 3.63) is 23.8 Å². The molecule has 0 bridgehead atoms. The molecule has 0 aliphatic rings. The Morgan fingerprint density at radius 1 is 1.18 bits per heavy atom. The molecule has 0 spiro atoms. The SMILES string of the molecule is CCOc1ccc(S(=O)(=O)NCCCOCCOC)c(C)c1. The molecule has 0 unspecified atom stereocenters. The first kappa shape index (κ1) is 18.9. The molecule has 1 N–H and O–H groups in total. The Balaban J connectivity index is 2.49. The summed E-state index contributed by atoms with van der Waals surface area (Å²) >= 11 is 0. The van der Waals surface area contributed by atoms with Gasteiger partial charge in [-0.1, -0.05) is 0 Å². The van der Waals surface area contributed by atoms with Crippen molar-refractivity contribution in [1.82, 2.24) is 4.72 Å². The maximum atomic E-state index is 12.2. The van der Waals surface area contributed by atoms with Crippen LogP contribution in [0.15, 0.2) is 23.1 Å². The van der Waals surface area contributed by atoms with Gasteiger partial charge in [-0.25, -0.2) is 13.1 Å². The fraction of sp³-hybridized carbons (Fsp3) is 0.600. The zero-order valence-corrected chi connectivity index (χ0v) is 14.2. The Morgan fingerprint density at radius 3 is 2.59 bits per heavy atom. The number of methoxy groups -OCH3 is 1. The largest absolute Gasteiger partial charge is 0.494 e. The fourth-order valence-corrected chi connectivity index (χ4v) is 3.18. The lowest BCUT2D eigenvalue weighted by molar-refractivity contribution is 0.0699. The number of nitrogens with one attached hydrogen (secondary N) is 1. The van der Waals surface area contributed by atoms with Gasteiger partial charge in [-0.2, -0.15) is 0 Å². The molecule has 0 atom stereocenters. The number of ether oxygens (including phenoxy) is 3. The first-order valence-corrected chi connectivity index (χ1v) is 8.79. The van der Waals surface area contributed by atoms with E-state index >= 15 is 0 Å². The molecule has 0 radical (unpaired) electrons. The third kappa shape index (κ3) is 6.31. The fourth-order valence-electron chi connectivity index (χ4n) is 1.88. The molecule has 22 heavy (non-hydrogen) atoms. The Hall–Kier alpha value is -1.15. The van der Waals surface area contributed by atoms with Crippen LogP contribution in [0.4, 0.5) is 0 Å². The second-order valence-corrected chi connectivity index (χ2v) is 6.45. The average Bonchev–Trinajstić information content (AvgIpc) is 2.46. The van der Waals surface area contributed by atoms with Crippen LogP contribution >= 0.6 is 0 Å². The van der Waals surface area contributed by atoms with Gasteiger partial charge >= 0.3 is 0 Å². The number of hydrogen-bond donors (Lipinski definition) is 1. The van der Waals surface area contributed by atoms with Gasteiger partial charge < -0.3 is 14.2 Å². The lowest BCUT2D eigenvalue weighted by atomic mass is 10.2. The maximum Gasteiger partial charge on any atom is 0.240 e. The van der Waals surface area contributed by atoms with E-state index in [0.717, 1.165) is 0 Å². The minimum atomic E-state index is -3.51. The van der Waals surface area contributed by atoms with E-state index in [1.165, 1.54) is 0 Å². The van der Waals surface area contributed by atoms with Gasteiger partial charge in [-0.05, 0) is 44.0 Å². The molecule has 0 saturated carbocycles. The van der Waals surface area contributed by atoms with E-state index in [9.17, 15) is 8.42 Å². The first-order chi connectivity index (χ1) is 10.5. The van der Waals surface area contributed by atoms with Crippen LogP contribution in [0.3, 0.4) is 0 Å². The number of sulfonamides is 1. The Morgan fingerprint density at radius 2 is 1.95 bits per heavy atom. The Labute approximate surface area is 132 Å². The predicted molar refractivity (Wildman–Crippen MR) is 84.8 cm³/mol. The van der Waals surface area contributed by atoms with Crippen molar-refractivity contribution in [2.75, 3.05) is 40.1 Å². The highest BCUT2D eigenvalue weighted by molar-refractivity contribution is 7.89. The highest BCUT2D eigenvalue weighted by Gasteiger charge is 2.16. The summed E-state index contributed by atoms with van der Waals surface area (Å²) in [7, 11) is -1.90. The van der Waals surface area contributed by atoms with Gasteiger partial charge in [0, 0.05) is 20.3 Å². The molecule has 0 saturated heterocycles. The second kappa shape index (κ2) is 9.78. The van der Waals surface area contributed by atoms with E-state index in [0.29, 0.717) is 50.7 Å². The van der Waals surface area contributed by atoms with E-state index in [1.807, 2.05) is 6.92 Å². The van der Waals surface area contributed by atoms with Crippen molar-refractivity contribution < 1.29 is 22.6 Å². The maximum absolute atomic E-state index is 12.2. The van der Waals surface area contributed by atoms with E-state index in [1.54, 1.807) is 32.2 Å². The van der Waals surface area contributed by atoms with E-state index < -0.39 is 10.0 Å². The topological polar surface area (TPSA) is 73.9 Å². The molecular weight excluding hydrogens is 306 g/mol. The molecule has 6 nitrogen and oxygen atoms in total. The second-order valence-electron chi connectivity index (χ2n) is 4.72. The van der Waals surface area contributed by atoms with Gasteiger partial charge in [0.05, 0.1) is 24.7 Å². The van der Waals surface area contributed by atoms with Gasteiger partial charge in [0.2, 0.25) is 10.0 Å². The first-order valence-electron chi connectivity index (χ1n) is 7.31. The zero-order chi connectivity index (χ0) is 16.4. The standard InChI is InChI=1S/C15H25NO5S/c1-4-21-14-6-7-15(13(2)12-14)22(17,18)16-8-5-9-20-11-10-19-3/h6-7,12,16H,4-5,8-11H2,1-3H3. The van der Waals surface area contributed by atoms with Crippen LogP contribution in [0.1, 0.15) is 18.9 Å². The highest BCUT2D eigenvalue weighted by Crippen LogP contribution is 2.21. The molecule has 1 aromatic rings. The van der Waals surface area contributed by atoms with E-state index in [4.69, 9.17) is 14.2 Å². The zero-order valence-electron chi connectivity index (χ0n) is 13.4. The van der Waals surface area contributed by atoms with Crippen LogP contribution in [0.25, 0.3) is 0 Å². The smallest absolute Gasteiger partial charge is 0.240 e. The summed E-state index contributed by atoms with van der Waals surface area (Å²) in [6, 6.07) is 4.96. The molecule has 1 aromatic carbocycles. The van der Waals surface area contributed by atoms with Crippen LogP contribution in [0.2, 0.25) is 0 Å². The summed E-state index contributed by atoms with van der Waals surface area (Å²) in [5.74, 6) is 0.672. The van der Waals surface area contributed by atoms with Gasteiger partial charge in [0.25, 0.3) is 0 Å². The van der Waals surface area contributed by atoms with Gasteiger partial charge in [0.15, 0.2) is 0 Å². The van der Waals surface area contributed by atoms with Crippen LogP contribution < -0.4 is 9.46 Å². The minimum Gasteiger partial charge on any atom is -0.494 e. The van der Waals surface area contributed by atoms with Gasteiger partial charge in [-0.15, -0.1) is 0 Å². The molecule has 0 aliphatic heterocycles. The summed E-state index contributed by atoms with van der Waals surface area (Å²) < 4.78 is 42.6. The van der Waals surface area contributed by atoms with Crippen LogP contribution in [0, 0.1) is 6.92 Å². The molecule has 0 fully saturated rings. The van der Waals surface area contributed by atoms with E-state index in [-0.39, 0.29) is 4.90 Å². The van der Waals surface area contributed by atoms with Crippen molar-refractivity contribution in [1.29, 1.82) is 0 Å². The molecule has 1 rings (SSSR count). The molecule has 0 aromatic heterocycles. The molecule has 0 heterocycles. The van der Waals surface area contributed by atoms with Crippen LogP contribution in [-0.2, 0) is 19.5 Å². The third-order valence-corrected chi connectivity index (χ3v) is 4.56. The monoisotopic (exact) mass is 331 g/mol. The van der Waals surface area contributed by atoms with Crippen molar-refractivity contribution >= 4 is 10.0 Å². The number of hydrogen-bond acceptors (Lipinski definition) is 5. The van der Waals surface area contributed by atoms with Crippen LogP contribution in [0.5, 0.6) is 5.75 Å². The lowest BCUT2D eigenvalue weighted by Crippen LogP contribution is -2.26. The minimum absolute atomic E-state index is 0.274. The van der Waals surface area contributed by atoms with Gasteiger partial charge in [-0.3, -0.25) is 0 Å². The summed E-state index contributed by atoms with van der Waals surface area (Å²) in [4.78, 5) is 0.274. The summed E-state index contributed by atoms with van der Waals surface area (Å²) in [5.41, 5.74) is 0.662. The molecule has 126 valence electrons.